The topological polar surface area (TPSA) is 72.2 Å². The highest BCUT2D eigenvalue weighted by atomic mass is 35.5. The largest absolute Gasteiger partial charge is 0.321 e. The van der Waals surface area contributed by atoms with Gasteiger partial charge in [-0.05, 0) is 42.0 Å². The van der Waals surface area contributed by atoms with Gasteiger partial charge in [-0.3, -0.25) is 14.9 Å². The van der Waals surface area contributed by atoms with E-state index >= 15 is 0 Å². The maximum Gasteiger partial charge on any atom is 0.269 e. The van der Waals surface area contributed by atoms with Crippen LogP contribution < -0.4 is 5.32 Å². The summed E-state index contributed by atoms with van der Waals surface area (Å²) in [5.41, 5.74) is 1.07. The fourth-order valence-corrected chi connectivity index (χ4v) is 1.98. The van der Waals surface area contributed by atoms with Gasteiger partial charge in [0.1, 0.15) is 0 Å². The van der Waals surface area contributed by atoms with Gasteiger partial charge in [-0.2, -0.15) is 0 Å². The lowest BCUT2D eigenvalue weighted by molar-refractivity contribution is -0.384. The first-order valence-electron chi connectivity index (χ1n) is 6.14. The van der Waals surface area contributed by atoms with E-state index in [1.54, 1.807) is 30.3 Å². The molecule has 1 amide bonds. The standard InChI is InChI=1S/C15H10Cl2N2O3/c16-11-4-7-13(17)14(9-11)18-15(20)8-3-10-1-5-12(6-2-10)19(21)22/h1-9H,(H,18,20). The van der Waals surface area contributed by atoms with Gasteiger partial charge in [0, 0.05) is 23.2 Å². The molecule has 0 aromatic heterocycles. The van der Waals surface area contributed by atoms with Crippen LogP contribution in [0.1, 0.15) is 5.56 Å². The SMILES string of the molecule is O=C(C=Cc1ccc([N+](=O)[O-])cc1)Nc1cc(Cl)ccc1Cl. The first-order chi connectivity index (χ1) is 10.5. The zero-order chi connectivity index (χ0) is 16.1. The van der Waals surface area contributed by atoms with Crippen LogP contribution in [0.5, 0.6) is 0 Å². The minimum absolute atomic E-state index is 0.00712. The molecular weight excluding hydrogens is 327 g/mol. The van der Waals surface area contributed by atoms with E-state index in [0.717, 1.165) is 0 Å². The minimum Gasteiger partial charge on any atom is -0.321 e. The number of nitrogens with one attached hydrogen (secondary N) is 1. The summed E-state index contributed by atoms with van der Waals surface area (Å²) in [4.78, 5) is 21.9. The molecular formula is C15H10Cl2N2O3. The Bertz CT molecular complexity index is 743. The quantitative estimate of drug-likeness (QED) is 0.505. The molecule has 0 aliphatic heterocycles. The smallest absolute Gasteiger partial charge is 0.269 e. The van der Waals surface area contributed by atoms with Crippen molar-refractivity contribution in [1.29, 1.82) is 0 Å². The molecule has 0 bridgehead atoms. The lowest BCUT2D eigenvalue weighted by Gasteiger charge is -2.05. The Hall–Kier alpha value is -2.37. The maximum absolute atomic E-state index is 11.8. The average molecular weight is 337 g/mol. The van der Waals surface area contributed by atoms with Gasteiger partial charge >= 0.3 is 0 Å². The van der Waals surface area contributed by atoms with Gasteiger partial charge in [0.25, 0.3) is 5.69 Å². The zero-order valence-electron chi connectivity index (χ0n) is 11.1. The Labute approximate surface area is 136 Å². The highest BCUT2D eigenvalue weighted by molar-refractivity contribution is 6.35. The van der Waals surface area contributed by atoms with Crippen LogP contribution in [0.3, 0.4) is 0 Å². The summed E-state index contributed by atoms with van der Waals surface area (Å²) in [6.07, 6.45) is 2.84. The summed E-state index contributed by atoms with van der Waals surface area (Å²) in [5.74, 6) is -0.387. The molecule has 7 heteroatoms. The molecule has 112 valence electrons. The van der Waals surface area contributed by atoms with Crippen LogP contribution in [0, 0.1) is 10.1 Å². The number of nitro benzene ring substituents is 1. The van der Waals surface area contributed by atoms with E-state index in [1.807, 2.05) is 0 Å². The third-order valence-corrected chi connectivity index (χ3v) is 3.28. The van der Waals surface area contributed by atoms with Crippen LogP contribution in [0.4, 0.5) is 11.4 Å². The normalized spacial score (nSPS) is 10.6. The van der Waals surface area contributed by atoms with Gasteiger partial charge in [-0.25, -0.2) is 0 Å². The van der Waals surface area contributed by atoms with E-state index in [9.17, 15) is 14.9 Å². The molecule has 0 spiro atoms. The summed E-state index contributed by atoms with van der Waals surface area (Å²) < 4.78 is 0. The Kier molecular flexibility index (Phi) is 5.14. The average Bonchev–Trinajstić information content (AvgIpc) is 2.49. The number of hydrogen-bond donors (Lipinski definition) is 1. The number of anilines is 1. The van der Waals surface area contributed by atoms with E-state index in [1.165, 1.54) is 24.3 Å². The highest BCUT2D eigenvalue weighted by Gasteiger charge is 2.05. The monoisotopic (exact) mass is 336 g/mol. The van der Waals surface area contributed by atoms with Crippen LogP contribution in [0.25, 0.3) is 6.08 Å². The number of nitrogens with zero attached hydrogens (tertiary/aromatic N) is 1. The van der Waals surface area contributed by atoms with E-state index in [-0.39, 0.29) is 11.6 Å². The fourth-order valence-electron chi connectivity index (χ4n) is 1.65. The van der Waals surface area contributed by atoms with Crippen molar-refractivity contribution in [1.82, 2.24) is 0 Å². The number of amides is 1. The number of hydrogen-bond acceptors (Lipinski definition) is 3. The first kappa shape index (κ1) is 16.0. The van der Waals surface area contributed by atoms with Crippen molar-refractivity contribution in [2.24, 2.45) is 0 Å². The molecule has 0 atom stereocenters. The molecule has 2 rings (SSSR count). The molecule has 22 heavy (non-hydrogen) atoms. The number of benzene rings is 2. The molecule has 5 nitrogen and oxygen atoms in total. The van der Waals surface area contributed by atoms with Gasteiger partial charge in [-0.15, -0.1) is 0 Å². The summed E-state index contributed by atoms with van der Waals surface area (Å²) in [6.45, 7) is 0. The van der Waals surface area contributed by atoms with Crippen LogP contribution in [0.15, 0.2) is 48.5 Å². The number of carbonyl (C=O) groups is 1. The number of nitro groups is 1. The van der Waals surface area contributed by atoms with E-state index < -0.39 is 4.92 Å². The lowest BCUT2D eigenvalue weighted by atomic mass is 10.2. The minimum atomic E-state index is -0.485. The number of rotatable bonds is 4. The van der Waals surface area contributed by atoms with Gasteiger partial charge < -0.3 is 5.32 Å². The fraction of sp³-hybridized carbons (Fsp3) is 0. The third-order valence-electron chi connectivity index (χ3n) is 2.72. The van der Waals surface area contributed by atoms with Crippen molar-refractivity contribution in [3.63, 3.8) is 0 Å². The second kappa shape index (κ2) is 7.06. The van der Waals surface area contributed by atoms with Crippen LogP contribution in [-0.2, 0) is 4.79 Å². The summed E-state index contributed by atoms with van der Waals surface area (Å²) >= 11 is 11.8. The maximum atomic E-state index is 11.8. The number of carbonyl (C=O) groups excluding carboxylic acids is 1. The Morgan fingerprint density at radius 3 is 2.45 bits per heavy atom. The van der Waals surface area contributed by atoms with Crippen molar-refractivity contribution in [3.8, 4) is 0 Å². The Balaban J connectivity index is 2.05. The van der Waals surface area contributed by atoms with Crippen molar-refractivity contribution >= 4 is 46.6 Å². The molecule has 0 heterocycles. The van der Waals surface area contributed by atoms with Crippen LogP contribution in [-0.4, -0.2) is 10.8 Å². The molecule has 0 unspecified atom stereocenters. The van der Waals surface area contributed by atoms with Gasteiger partial charge in [0.05, 0.1) is 15.6 Å². The lowest BCUT2D eigenvalue weighted by Crippen LogP contribution is -2.08. The van der Waals surface area contributed by atoms with Crippen LogP contribution >= 0.6 is 23.2 Å². The second-order valence-corrected chi connectivity index (χ2v) is 5.14. The van der Waals surface area contributed by atoms with E-state index in [0.29, 0.717) is 21.3 Å². The molecule has 0 aliphatic rings. The zero-order valence-corrected chi connectivity index (χ0v) is 12.6. The number of non-ortho nitro benzene ring substituents is 1. The van der Waals surface area contributed by atoms with Gasteiger partial charge in [-0.1, -0.05) is 23.2 Å². The molecule has 0 aliphatic carbocycles. The molecule has 0 radical (unpaired) electrons. The molecule has 1 N–H and O–H groups in total. The van der Waals surface area contributed by atoms with Gasteiger partial charge in [0.2, 0.25) is 5.91 Å². The van der Waals surface area contributed by atoms with Crippen molar-refractivity contribution < 1.29 is 9.72 Å². The molecule has 0 saturated carbocycles. The van der Waals surface area contributed by atoms with Crippen molar-refractivity contribution in [2.75, 3.05) is 5.32 Å². The highest BCUT2D eigenvalue weighted by Crippen LogP contribution is 2.25. The first-order valence-corrected chi connectivity index (χ1v) is 6.90. The third kappa shape index (κ3) is 4.31. The van der Waals surface area contributed by atoms with Crippen molar-refractivity contribution in [2.45, 2.75) is 0 Å². The van der Waals surface area contributed by atoms with Crippen LogP contribution in [0.2, 0.25) is 10.0 Å². The molecule has 2 aromatic carbocycles. The summed E-state index contributed by atoms with van der Waals surface area (Å²) in [6, 6.07) is 10.6. The molecule has 2 aromatic rings. The summed E-state index contributed by atoms with van der Waals surface area (Å²) in [5, 5.41) is 14.0. The Morgan fingerprint density at radius 2 is 1.82 bits per heavy atom. The van der Waals surface area contributed by atoms with Crippen molar-refractivity contribution in [3.05, 3.63) is 74.3 Å². The van der Waals surface area contributed by atoms with Gasteiger partial charge in [0.15, 0.2) is 0 Å². The second-order valence-electron chi connectivity index (χ2n) is 4.30. The number of halogens is 2. The summed E-state index contributed by atoms with van der Waals surface area (Å²) in [7, 11) is 0. The predicted molar refractivity (Wildman–Crippen MR) is 87.2 cm³/mol. The predicted octanol–water partition coefficient (Wildman–Crippen LogP) is 4.55. The molecule has 0 fully saturated rings. The Morgan fingerprint density at radius 1 is 1.14 bits per heavy atom. The van der Waals surface area contributed by atoms with E-state index in [2.05, 4.69) is 5.32 Å². The van der Waals surface area contributed by atoms with E-state index in [4.69, 9.17) is 23.2 Å². The molecule has 0 saturated heterocycles.